The first-order chi connectivity index (χ1) is 13.9. The maximum Gasteiger partial charge on any atom is 0.305 e. The molecule has 1 aromatic carbocycles. The van der Waals surface area contributed by atoms with E-state index in [1.165, 1.54) is 6.07 Å². The molecule has 1 fully saturated rings. The number of esters is 1. The van der Waals surface area contributed by atoms with Gasteiger partial charge in [0, 0.05) is 29.1 Å². The second-order valence-corrected chi connectivity index (χ2v) is 8.63. The largest absolute Gasteiger partial charge is 0.466 e. The van der Waals surface area contributed by atoms with Crippen LogP contribution in [0.15, 0.2) is 39.4 Å². The minimum absolute atomic E-state index is 0.0377. The van der Waals surface area contributed by atoms with Crippen molar-refractivity contribution in [3.05, 3.63) is 56.6 Å². The Balaban J connectivity index is 1.85. The summed E-state index contributed by atoms with van der Waals surface area (Å²) in [6.07, 6.45) is 3.23. The number of hydrogen-bond donors (Lipinski definition) is 0. The molecular formula is C20H17Br2FN4O2. The topological polar surface area (TPSA) is 69.9 Å². The van der Waals surface area contributed by atoms with Gasteiger partial charge < -0.3 is 4.74 Å². The van der Waals surface area contributed by atoms with Gasteiger partial charge in [0.05, 0.1) is 16.8 Å². The van der Waals surface area contributed by atoms with Crippen LogP contribution in [0.25, 0.3) is 17.2 Å². The van der Waals surface area contributed by atoms with Gasteiger partial charge in [-0.25, -0.2) is 14.1 Å². The van der Waals surface area contributed by atoms with E-state index in [9.17, 15) is 9.18 Å². The van der Waals surface area contributed by atoms with Crippen LogP contribution in [-0.2, 0) is 9.53 Å². The van der Waals surface area contributed by atoms with Crippen LogP contribution in [0.5, 0.6) is 0 Å². The van der Waals surface area contributed by atoms with Crippen molar-refractivity contribution in [1.29, 1.82) is 0 Å². The molecule has 29 heavy (non-hydrogen) atoms. The van der Waals surface area contributed by atoms with E-state index in [4.69, 9.17) is 9.72 Å². The zero-order valence-corrected chi connectivity index (χ0v) is 18.7. The van der Waals surface area contributed by atoms with Crippen molar-refractivity contribution in [3.8, 4) is 17.2 Å². The predicted octanol–water partition coefficient (Wildman–Crippen LogP) is 5.11. The molecule has 1 aliphatic rings. The van der Waals surface area contributed by atoms with Crippen molar-refractivity contribution in [2.45, 2.75) is 32.1 Å². The summed E-state index contributed by atoms with van der Waals surface area (Å²) in [6, 6.07) is 6.84. The number of halogens is 3. The van der Waals surface area contributed by atoms with Crippen molar-refractivity contribution in [1.82, 2.24) is 19.7 Å². The zero-order valence-electron chi connectivity index (χ0n) is 15.5. The molecule has 6 nitrogen and oxygen atoms in total. The van der Waals surface area contributed by atoms with Gasteiger partial charge >= 0.3 is 5.97 Å². The molecule has 0 N–H and O–H groups in total. The van der Waals surface area contributed by atoms with E-state index in [0.717, 1.165) is 10.0 Å². The highest BCUT2D eigenvalue weighted by atomic mass is 79.9. The van der Waals surface area contributed by atoms with Gasteiger partial charge in [0.1, 0.15) is 17.3 Å². The molecule has 3 aromatic rings. The van der Waals surface area contributed by atoms with Gasteiger partial charge in [-0.2, -0.15) is 0 Å². The molecule has 4 rings (SSSR count). The normalized spacial score (nSPS) is 17.1. The average molecular weight is 524 g/mol. The number of nitrogens with zero attached hydrogens (tertiary/aromatic N) is 4. The summed E-state index contributed by atoms with van der Waals surface area (Å²) in [6.45, 7) is 2.22. The van der Waals surface area contributed by atoms with E-state index >= 15 is 0 Å². The first-order valence-corrected chi connectivity index (χ1v) is 10.7. The van der Waals surface area contributed by atoms with Crippen molar-refractivity contribution >= 4 is 37.8 Å². The van der Waals surface area contributed by atoms with Gasteiger partial charge in [-0.3, -0.25) is 9.78 Å². The maximum atomic E-state index is 14.3. The Bertz CT molecular complexity index is 1070. The highest BCUT2D eigenvalue weighted by Crippen LogP contribution is 2.32. The van der Waals surface area contributed by atoms with E-state index < -0.39 is 0 Å². The SMILES string of the molecule is Cc1cc(Br)c(F)cc1-n1nc(-c2ccc(Br)cn2)nc1C1CCOC(=O)CC1. The lowest BCUT2D eigenvalue weighted by atomic mass is 9.99. The second kappa shape index (κ2) is 8.31. The number of benzene rings is 1. The second-order valence-electron chi connectivity index (χ2n) is 6.86. The zero-order chi connectivity index (χ0) is 20.5. The minimum Gasteiger partial charge on any atom is -0.466 e. The molecule has 2 aromatic heterocycles. The lowest BCUT2D eigenvalue weighted by Gasteiger charge is -2.15. The van der Waals surface area contributed by atoms with Gasteiger partial charge in [0.15, 0.2) is 5.82 Å². The van der Waals surface area contributed by atoms with Gasteiger partial charge in [-0.15, -0.1) is 5.10 Å². The maximum absolute atomic E-state index is 14.3. The number of aryl methyl sites for hydroxylation is 1. The van der Waals surface area contributed by atoms with Crippen LogP contribution in [0.2, 0.25) is 0 Å². The number of ether oxygens (including phenoxy) is 1. The molecule has 0 bridgehead atoms. The van der Waals surface area contributed by atoms with E-state index in [1.807, 2.05) is 19.1 Å². The van der Waals surface area contributed by atoms with Crippen LogP contribution in [0.3, 0.4) is 0 Å². The van der Waals surface area contributed by atoms with Crippen molar-refractivity contribution in [2.24, 2.45) is 0 Å². The van der Waals surface area contributed by atoms with E-state index in [0.29, 0.717) is 53.4 Å². The molecule has 0 amide bonds. The van der Waals surface area contributed by atoms with E-state index in [2.05, 4.69) is 41.9 Å². The number of rotatable bonds is 3. The molecular weight excluding hydrogens is 507 g/mol. The molecule has 1 aliphatic heterocycles. The van der Waals surface area contributed by atoms with E-state index in [1.54, 1.807) is 16.9 Å². The first-order valence-electron chi connectivity index (χ1n) is 9.13. The third-order valence-corrected chi connectivity index (χ3v) is 5.92. The number of cyclic esters (lactones) is 1. The number of hydrogen-bond acceptors (Lipinski definition) is 5. The summed E-state index contributed by atoms with van der Waals surface area (Å²) >= 11 is 6.60. The Morgan fingerprint density at radius 1 is 1.24 bits per heavy atom. The Labute approximate surface area is 183 Å². The van der Waals surface area contributed by atoms with Crippen LogP contribution >= 0.6 is 31.9 Å². The lowest BCUT2D eigenvalue weighted by Crippen LogP contribution is -2.11. The fourth-order valence-corrected chi connectivity index (χ4v) is 4.02. The Kier molecular flexibility index (Phi) is 5.78. The Morgan fingerprint density at radius 3 is 2.83 bits per heavy atom. The van der Waals surface area contributed by atoms with Crippen LogP contribution < -0.4 is 0 Å². The molecule has 0 aliphatic carbocycles. The molecule has 9 heteroatoms. The quantitative estimate of drug-likeness (QED) is 0.446. The van der Waals surface area contributed by atoms with Crippen LogP contribution in [0, 0.1) is 12.7 Å². The van der Waals surface area contributed by atoms with Crippen LogP contribution in [0.1, 0.15) is 36.6 Å². The number of pyridine rings is 1. The first kappa shape index (κ1) is 20.2. The molecule has 0 radical (unpaired) electrons. The predicted molar refractivity (Wildman–Crippen MR) is 112 cm³/mol. The fraction of sp³-hybridized carbons (Fsp3) is 0.300. The van der Waals surface area contributed by atoms with Crippen molar-refractivity contribution in [3.63, 3.8) is 0 Å². The summed E-state index contributed by atoms with van der Waals surface area (Å²) in [7, 11) is 0. The monoisotopic (exact) mass is 522 g/mol. The molecule has 3 heterocycles. The molecule has 1 atom stereocenters. The summed E-state index contributed by atoms with van der Waals surface area (Å²) < 4.78 is 22.4. The van der Waals surface area contributed by atoms with Crippen LogP contribution in [0.4, 0.5) is 4.39 Å². The molecule has 0 saturated carbocycles. The molecule has 1 saturated heterocycles. The highest BCUT2D eigenvalue weighted by molar-refractivity contribution is 9.10. The summed E-state index contributed by atoms with van der Waals surface area (Å²) in [4.78, 5) is 20.8. The fourth-order valence-electron chi connectivity index (χ4n) is 3.33. The number of aromatic nitrogens is 4. The Hall–Kier alpha value is -2.13. The van der Waals surface area contributed by atoms with Gasteiger partial charge in [-0.05, 0) is 75.4 Å². The summed E-state index contributed by atoms with van der Waals surface area (Å²) in [5.74, 6) is 0.498. The van der Waals surface area contributed by atoms with Gasteiger partial charge in [0.2, 0.25) is 0 Å². The third-order valence-electron chi connectivity index (χ3n) is 4.85. The third kappa shape index (κ3) is 4.25. The van der Waals surface area contributed by atoms with Crippen molar-refractivity contribution < 1.29 is 13.9 Å². The average Bonchev–Trinajstić information content (AvgIpc) is 3.01. The number of carbonyl (C=O) groups excluding carboxylic acids is 1. The molecule has 0 spiro atoms. The Morgan fingerprint density at radius 2 is 2.07 bits per heavy atom. The standard InChI is InChI=1S/C20H17Br2FN4O2/c1-11-8-14(22)15(23)9-17(11)27-20(12-2-5-18(28)29-7-6-12)25-19(26-27)16-4-3-13(21)10-24-16/h3-4,8-10,12H,2,5-7H2,1H3. The summed E-state index contributed by atoms with van der Waals surface area (Å²) in [5.41, 5.74) is 2.07. The highest BCUT2D eigenvalue weighted by Gasteiger charge is 2.26. The summed E-state index contributed by atoms with van der Waals surface area (Å²) in [5, 5.41) is 4.66. The molecule has 1 unspecified atom stereocenters. The number of carbonyl (C=O) groups is 1. The lowest BCUT2D eigenvalue weighted by molar-refractivity contribution is -0.142. The van der Waals surface area contributed by atoms with Crippen molar-refractivity contribution in [2.75, 3.05) is 6.61 Å². The van der Waals surface area contributed by atoms with Gasteiger partial charge in [-0.1, -0.05) is 0 Å². The minimum atomic E-state index is -0.380. The molecule has 150 valence electrons. The van der Waals surface area contributed by atoms with Crippen LogP contribution in [-0.4, -0.2) is 32.3 Å². The van der Waals surface area contributed by atoms with Gasteiger partial charge in [0.25, 0.3) is 0 Å². The van der Waals surface area contributed by atoms with E-state index in [-0.39, 0.29) is 17.7 Å². The smallest absolute Gasteiger partial charge is 0.305 e.